The molecule has 3 N–H and O–H groups in total. The van der Waals surface area contributed by atoms with Crippen molar-refractivity contribution in [2.45, 2.75) is 38.2 Å². The molecule has 0 bridgehead atoms. The molecule has 0 aromatic carbocycles. The fourth-order valence-electron chi connectivity index (χ4n) is 2.46. The van der Waals surface area contributed by atoms with E-state index >= 15 is 0 Å². The van der Waals surface area contributed by atoms with Gasteiger partial charge in [0.15, 0.2) is 0 Å². The van der Waals surface area contributed by atoms with Gasteiger partial charge in [-0.05, 0) is 6.42 Å². The van der Waals surface area contributed by atoms with Crippen molar-refractivity contribution in [2.24, 2.45) is 0 Å². The number of nitrogens with zero attached hydrogens (tertiary/aromatic N) is 1. The monoisotopic (exact) mass is 267 g/mol. The molecule has 2 heterocycles. The SMILES string of the molecule is CCCc1c(N)nc(C2(OC)CCOCC2)[nH]c1=O. The Hall–Kier alpha value is -1.40. The molecule has 2 rings (SSSR count). The number of ether oxygens (including phenoxy) is 2. The Balaban J connectivity index is 2.42. The van der Waals surface area contributed by atoms with Crippen LogP contribution in [0.4, 0.5) is 5.82 Å². The lowest BCUT2D eigenvalue weighted by Gasteiger charge is -2.34. The fraction of sp³-hybridized carbons (Fsp3) is 0.692. The summed E-state index contributed by atoms with van der Waals surface area (Å²) in [5.74, 6) is 0.823. The normalized spacial score (nSPS) is 18.4. The molecule has 1 aliphatic heterocycles. The zero-order valence-electron chi connectivity index (χ0n) is 11.5. The molecule has 1 fully saturated rings. The number of nitrogens with two attached hydrogens (primary N) is 1. The van der Waals surface area contributed by atoms with Crippen molar-refractivity contribution in [3.8, 4) is 0 Å². The second kappa shape index (κ2) is 5.71. The number of rotatable bonds is 4. The number of aromatic amines is 1. The van der Waals surface area contributed by atoms with E-state index in [-0.39, 0.29) is 5.56 Å². The quantitative estimate of drug-likeness (QED) is 0.848. The van der Waals surface area contributed by atoms with Gasteiger partial charge < -0.3 is 20.2 Å². The first kappa shape index (κ1) is 14.0. The maximum Gasteiger partial charge on any atom is 0.256 e. The van der Waals surface area contributed by atoms with Crippen LogP contribution >= 0.6 is 0 Å². The predicted molar refractivity (Wildman–Crippen MR) is 72.0 cm³/mol. The van der Waals surface area contributed by atoms with Crippen molar-refractivity contribution in [2.75, 3.05) is 26.1 Å². The number of hydrogen-bond donors (Lipinski definition) is 2. The van der Waals surface area contributed by atoms with E-state index in [1.165, 1.54) is 0 Å². The largest absolute Gasteiger partial charge is 0.383 e. The molecule has 0 saturated carbocycles. The Morgan fingerprint density at radius 3 is 2.68 bits per heavy atom. The molecule has 0 unspecified atom stereocenters. The van der Waals surface area contributed by atoms with Crippen LogP contribution in [0.2, 0.25) is 0 Å². The van der Waals surface area contributed by atoms with Crippen molar-refractivity contribution >= 4 is 5.82 Å². The third kappa shape index (κ3) is 2.64. The first-order valence-electron chi connectivity index (χ1n) is 6.65. The van der Waals surface area contributed by atoms with Crippen LogP contribution in [0, 0.1) is 0 Å². The molecule has 1 aromatic rings. The summed E-state index contributed by atoms with van der Waals surface area (Å²) in [6.07, 6.45) is 2.83. The maximum atomic E-state index is 12.1. The minimum absolute atomic E-state index is 0.160. The van der Waals surface area contributed by atoms with Crippen LogP contribution < -0.4 is 11.3 Å². The number of anilines is 1. The van der Waals surface area contributed by atoms with E-state index in [9.17, 15) is 4.79 Å². The predicted octanol–water partition coefficient (Wildman–Crippen LogP) is 0.957. The van der Waals surface area contributed by atoms with Crippen molar-refractivity contribution in [1.29, 1.82) is 0 Å². The molecular weight excluding hydrogens is 246 g/mol. The van der Waals surface area contributed by atoms with Crippen LogP contribution in [0.1, 0.15) is 37.6 Å². The summed E-state index contributed by atoms with van der Waals surface area (Å²) in [7, 11) is 1.63. The highest BCUT2D eigenvalue weighted by Gasteiger charge is 2.37. The molecule has 1 saturated heterocycles. The summed E-state index contributed by atoms with van der Waals surface area (Å²) >= 11 is 0. The number of nitrogen functional groups attached to an aromatic ring is 1. The first-order valence-corrected chi connectivity index (χ1v) is 6.65. The molecule has 0 atom stereocenters. The third-order valence-electron chi connectivity index (χ3n) is 3.67. The Bertz CT molecular complexity index is 492. The van der Waals surface area contributed by atoms with E-state index in [2.05, 4.69) is 9.97 Å². The molecule has 106 valence electrons. The standard InChI is InChI=1S/C13H21N3O3/c1-3-4-9-10(14)15-12(16-11(9)17)13(18-2)5-7-19-8-6-13/h3-8H2,1-2H3,(H3,14,15,16,17). The Morgan fingerprint density at radius 1 is 1.47 bits per heavy atom. The van der Waals surface area contributed by atoms with Crippen molar-refractivity contribution in [3.05, 3.63) is 21.7 Å². The molecule has 19 heavy (non-hydrogen) atoms. The second-order valence-corrected chi connectivity index (χ2v) is 4.84. The van der Waals surface area contributed by atoms with Crippen LogP contribution in [0.15, 0.2) is 4.79 Å². The van der Waals surface area contributed by atoms with E-state index in [0.717, 1.165) is 6.42 Å². The van der Waals surface area contributed by atoms with Gasteiger partial charge in [-0.2, -0.15) is 0 Å². The van der Waals surface area contributed by atoms with Gasteiger partial charge in [-0.25, -0.2) is 4.98 Å². The van der Waals surface area contributed by atoms with Crippen molar-refractivity contribution in [1.82, 2.24) is 9.97 Å². The molecule has 0 aliphatic carbocycles. The highest BCUT2D eigenvalue weighted by Crippen LogP contribution is 2.33. The van der Waals surface area contributed by atoms with Crippen molar-refractivity contribution < 1.29 is 9.47 Å². The third-order valence-corrected chi connectivity index (χ3v) is 3.67. The summed E-state index contributed by atoms with van der Waals surface area (Å²) in [5, 5.41) is 0. The summed E-state index contributed by atoms with van der Waals surface area (Å²) in [4.78, 5) is 19.3. The van der Waals surface area contributed by atoms with Crippen molar-refractivity contribution in [3.63, 3.8) is 0 Å². The average molecular weight is 267 g/mol. The number of aromatic nitrogens is 2. The fourth-order valence-corrected chi connectivity index (χ4v) is 2.46. The van der Waals surface area contributed by atoms with Gasteiger partial charge in [0, 0.05) is 33.2 Å². The lowest BCUT2D eigenvalue weighted by atomic mass is 9.93. The Morgan fingerprint density at radius 2 is 2.16 bits per heavy atom. The summed E-state index contributed by atoms with van der Waals surface area (Å²) in [5.41, 5.74) is 5.72. The zero-order chi connectivity index (χ0) is 13.9. The van der Waals surface area contributed by atoms with Crippen LogP contribution in [-0.4, -0.2) is 30.3 Å². The second-order valence-electron chi connectivity index (χ2n) is 4.84. The zero-order valence-corrected chi connectivity index (χ0v) is 11.5. The van der Waals surface area contributed by atoms with E-state index < -0.39 is 5.60 Å². The number of methoxy groups -OCH3 is 1. The molecule has 0 amide bonds. The summed E-state index contributed by atoms with van der Waals surface area (Å²) in [6.45, 7) is 3.18. The lowest BCUT2D eigenvalue weighted by Crippen LogP contribution is -2.39. The minimum atomic E-state index is -0.587. The highest BCUT2D eigenvalue weighted by molar-refractivity contribution is 5.38. The molecule has 6 heteroatoms. The van der Waals surface area contributed by atoms with Crippen LogP contribution in [0.5, 0.6) is 0 Å². The average Bonchev–Trinajstić information content (AvgIpc) is 2.43. The summed E-state index contributed by atoms with van der Waals surface area (Å²) < 4.78 is 10.9. The number of nitrogens with one attached hydrogen (secondary N) is 1. The molecule has 0 spiro atoms. The molecule has 6 nitrogen and oxygen atoms in total. The van der Waals surface area contributed by atoms with E-state index in [0.29, 0.717) is 49.7 Å². The van der Waals surface area contributed by atoms with Gasteiger partial charge in [0.2, 0.25) is 0 Å². The molecular formula is C13H21N3O3. The van der Waals surface area contributed by atoms with Gasteiger partial charge in [-0.3, -0.25) is 4.79 Å². The van der Waals surface area contributed by atoms with Gasteiger partial charge in [0.1, 0.15) is 17.2 Å². The van der Waals surface area contributed by atoms with Gasteiger partial charge >= 0.3 is 0 Å². The van der Waals surface area contributed by atoms with Crippen LogP contribution in [0.25, 0.3) is 0 Å². The van der Waals surface area contributed by atoms with Gasteiger partial charge in [-0.15, -0.1) is 0 Å². The van der Waals surface area contributed by atoms with E-state index in [1.54, 1.807) is 7.11 Å². The molecule has 1 aromatic heterocycles. The van der Waals surface area contributed by atoms with E-state index in [1.807, 2.05) is 6.92 Å². The first-order chi connectivity index (χ1) is 9.13. The number of H-pyrrole nitrogens is 1. The molecule has 0 radical (unpaired) electrons. The maximum absolute atomic E-state index is 12.1. The Labute approximate surface area is 112 Å². The van der Waals surface area contributed by atoms with Gasteiger partial charge in [-0.1, -0.05) is 13.3 Å². The smallest absolute Gasteiger partial charge is 0.256 e. The number of hydrogen-bond acceptors (Lipinski definition) is 5. The van der Waals surface area contributed by atoms with E-state index in [4.69, 9.17) is 15.2 Å². The van der Waals surface area contributed by atoms with Gasteiger partial charge in [0.25, 0.3) is 5.56 Å². The Kier molecular flexibility index (Phi) is 4.21. The summed E-state index contributed by atoms with van der Waals surface area (Å²) in [6, 6.07) is 0. The van der Waals surface area contributed by atoms with Crippen LogP contribution in [-0.2, 0) is 21.5 Å². The minimum Gasteiger partial charge on any atom is -0.383 e. The van der Waals surface area contributed by atoms with Gasteiger partial charge in [0.05, 0.1) is 5.56 Å². The highest BCUT2D eigenvalue weighted by atomic mass is 16.5. The topological polar surface area (TPSA) is 90.2 Å². The lowest BCUT2D eigenvalue weighted by molar-refractivity contribution is -0.100. The van der Waals surface area contributed by atoms with Crippen LogP contribution in [0.3, 0.4) is 0 Å². The molecule has 1 aliphatic rings.